The molecule has 0 atom stereocenters. The SMILES string of the molecule is N.O=[N+]([O-])O.O=[N+]([O-])[O-].[Al+]. The quantitative estimate of drug-likeness (QED) is 0.271. The van der Waals surface area contributed by atoms with Gasteiger partial charge in [0.15, 0.2) is 0 Å². The zero-order chi connectivity index (χ0) is 7.15. The van der Waals surface area contributed by atoms with Crippen LogP contribution in [-0.2, 0) is 0 Å². The molecule has 0 saturated carbocycles. The van der Waals surface area contributed by atoms with E-state index in [9.17, 15) is 0 Å². The fourth-order valence-corrected chi connectivity index (χ4v) is 0. The third kappa shape index (κ3) is 195. The van der Waals surface area contributed by atoms with Gasteiger partial charge in [0.2, 0.25) is 0 Å². The number of hydrogen-bond donors (Lipinski definition) is 2. The Balaban J connectivity index is -0.0000000300. The van der Waals surface area contributed by atoms with Crippen LogP contribution >= 0.6 is 0 Å². The summed E-state index contributed by atoms with van der Waals surface area (Å²) < 4.78 is 0. The van der Waals surface area contributed by atoms with E-state index in [1.165, 1.54) is 0 Å². The molecule has 0 aromatic heterocycles. The first kappa shape index (κ1) is 23.1. The summed E-state index contributed by atoms with van der Waals surface area (Å²) in [6, 6.07) is 0. The van der Waals surface area contributed by atoms with E-state index >= 15 is 0 Å². The summed E-state index contributed by atoms with van der Waals surface area (Å²) in [5, 5.41) is 28.4. The van der Waals surface area contributed by atoms with E-state index in [2.05, 4.69) is 0 Å². The number of nitrogens with zero attached hydrogens (tertiary/aromatic N) is 2. The van der Waals surface area contributed by atoms with E-state index in [1.807, 2.05) is 0 Å². The average molecular weight is 169 g/mol. The first-order valence-corrected chi connectivity index (χ1v) is 1.11. The molecule has 0 bridgehead atoms. The minimum Gasteiger partial charge on any atom is -0.356 e. The molecule has 0 amide bonds. The van der Waals surface area contributed by atoms with Crippen molar-refractivity contribution in [3.05, 3.63) is 25.4 Å². The minimum absolute atomic E-state index is 0. The molecule has 0 aromatic rings. The molecule has 0 aliphatic carbocycles. The number of rotatable bonds is 0. The molecule has 9 nitrogen and oxygen atoms in total. The second-order valence-electron chi connectivity index (χ2n) is 0.461. The minimum atomic E-state index is -1.75. The van der Waals surface area contributed by atoms with Crippen LogP contribution in [-0.4, -0.2) is 32.7 Å². The average Bonchev–Trinajstić information content (AvgIpc) is 1.25. The third-order valence-corrected chi connectivity index (χ3v) is 0. The van der Waals surface area contributed by atoms with Crippen LogP contribution in [0.25, 0.3) is 0 Å². The molecule has 4 N–H and O–H groups in total. The first-order chi connectivity index (χ1) is 3.46. The van der Waals surface area contributed by atoms with Crippen molar-refractivity contribution in [2.75, 3.05) is 0 Å². The van der Waals surface area contributed by atoms with Gasteiger partial charge in [0.1, 0.15) is 0 Å². The molecule has 0 aromatic carbocycles. The molecule has 0 aliphatic heterocycles. The molecule has 0 aliphatic rings. The van der Waals surface area contributed by atoms with Gasteiger partial charge in [-0.1, -0.05) is 0 Å². The van der Waals surface area contributed by atoms with E-state index in [4.69, 9.17) is 30.6 Å². The van der Waals surface area contributed by atoms with E-state index < -0.39 is 10.2 Å². The van der Waals surface area contributed by atoms with Crippen LogP contribution in [0.1, 0.15) is 0 Å². The molecule has 0 rings (SSSR count). The standard InChI is InChI=1S/Al.HNO3.NO3.H3N/c;2*2-1(3)4;/h;(H,2,3,4);;1H3/q+1;;-1;. The van der Waals surface area contributed by atoms with Gasteiger partial charge in [0.05, 0.1) is 5.09 Å². The first-order valence-electron chi connectivity index (χ1n) is 1.11. The van der Waals surface area contributed by atoms with Crippen molar-refractivity contribution in [1.29, 1.82) is 0 Å². The van der Waals surface area contributed by atoms with Crippen molar-refractivity contribution < 1.29 is 15.4 Å². The largest absolute Gasteiger partial charge is 1.00 e. The summed E-state index contributed by atoms with van der Waals surface area (Å²) in [6.07, 6.45) is 0. The van der Waals surface area contributed by atoms with Gasteiger partial charge in [0, 0.05) is 0 Å². The van der Waals surface area contributed by atoms with Crippen LogP contribution < -0.4 is 6.15 Å². The second-order valence-corrected chi connectivity index (χ2v) is 0.461. The van der Waals surface area contributed by atoms with Gasteiger partial charge in [-0.05, 0) is 0 Å². The van der Waals surface area contributed by atoms with Crippen molar-refractivity contribution in [3.63, 3.8) is 0 Å². The molecule has 0 heterocycles. The molecule has 10 heavy (non-hydrogen) atoms. The van der Waals surface area contributed by atoms with Crippen LogP contribution in [0, 0.1) is 25.4 Å². The summed E-state index contributed by atoms with van der Waals surface area (Å²) in [5.74, 6) is 0. The van der Waals surface area contributed by atoms with Gasteiger partial charge in [-0.15, -0.1) is 10.1 Å². The van der Waals surface area contributed by atoms with Crippen molar-refractivity contribution in [2.45, 2.75) is 0 Å². The van der Waals surface area contributed by atoms with Gasteiger partial charge in [-0.2, -0.15) is 0 Å². The predicted molar refractivity (Wildman–Crippen MR) is 29.9 cm³/mol. The normalized spacial score (nSPS) is 4.80. The summed E-state index contributed by atoms with van der Waals surface area (Å²) >= 11 is 0. The van der Waals surface area contributed by atoms with Crippen LogP contribution in [0.2, 0.25) is 0 Å². The molecule has 2 radical (unpaired) electrons. The maximum atomic E-state index is 8.36. The molecule has 58 valence electrons. The maximum absolute atomic E-state index is 8.36. The Hall–Kier alpha value is -1.11. The van der Waals surface area contributed by atoms with E-state index in [1.54, 1.807) is 0 Å². The molecule has 10 heteroatoms. The van der Waals surface area contributed by atoms with E-state index in [-0.39, 0.29) is 23.5 Å². The van der Waals surface area contributed by atoms with Gasteiger partial charge in [0.25, 0.3) is 5.09 Å². The Morgan fingerprint density at radius 3 is 1.10 bits per heavy atom. The molecule has 0 fully saturated rings. The van der Waals surface area contributed by atoms with Crippen LogP contribution in [0.5, 0.6) is 0 Å². The number of hydrogen-bond acceptors (Lipinski definition) is 6. The third-order valence-electron chi connectivity index (χ3n) is 0. The summed E-state index contributed by atoms with van der Waals surface area (Å²) in [7, 11) is 0. The second kappa shape index (κ2) is 15.7. The van der Waals surface area contributed by atoms with Crippen molar-refractivity contribution >= 4 is 17.4 Å². The Morgan fingerprint density at radius 2 is 1.10 bits per heavy atom. The van der Waals surface area contributed by atoms with Gasteiger partial charge < -0.3 is 26.7 Å². The van der Waals surface area contributed by atoms with Crippen molar-refractivity contribution in [1.82, 2.24) is 6.15 Å². The Bertz CT molecular complexity index is 71.0. The maximum Gasteiger partial charge on any atom is 1.00 e. The Labute approximate surface area is 65.2 Å². The van der Waals surface area contributed by atoms with Crippen molar-refractivity contribution in [2.24, 2.45) is 0 Å². The van der Waals surface area contributed by atoms with Gasteiger partial charge >= 0.3 is 17.4 Å². The summed E-state index contributed by atoms with van der Waals surface area (Å²) in [6.45, 7) is 0. The molecular weight excluding hydrogens is 165 g/mol. The van der Waals surface area contributed by atoms with Crippen LogP contribution in [0.3, 0.4) is 0 Å². The fourth-order valence-electron chi connectivity index (χ4n) is 0. The van der Waals surface area contributed by atoms with Gasteiger partial charge in [-0.3, -0.25) is 0 Å². The summed E-state index contributed by atoms with van der Waals surface area (Å²) in [4.78, 5) is 16.6. The smallest absolute Gasteiger partial charge is 0.356 e. The monoisotopic (exact) mass is 169 g/mol. The molecule has 0 saturated heterocycles. The fraction of sp³-hybridized carbons (Fsp3) is 0. The zero-order valence-corrected chi connectivity index (χ0v) is 5.82. The predicted octanol–water partition coefficient (Wildman–Crippen LogP) is -0.806. The topological polar surface area (TPSA) is 165 Å². The summed E-state index contributed by atoms with van der Waals surface area (Å²) in [5.41, 5.74) is 0. The van der Waals surface area contributed by atoms with Crippen molar-refractivity contribution in [3.8, 4) is 0 Å². The Kier molecular flexibility index (Phi) is 36.2. The van der Waals surface area contributed by atoms with Crippen LogP contribution in [0.4, 0.5) is 0 Å². The zero-order valence-electron chi connectivity index (χ0n) is 4.67. The molecule has 0 unspecified atom stereocenters. The Morgan fingerprint density at radius 1 is 1.10 bits per heavy atom. The van der Waals surface area contributed by atoms with E-state index in [0.717, 1.165) is 0 Å². The van der Waals surface area contributed by atoms with Crippen LogP contribution in [0.15, 0.2) is 0 Å². The van der Waals surface area contributed by atoms with E-state index in [0.29, 0.717) is 0 Å². The molecule has 0 spiro atoms. The van der Waals surface area contributed by atoms with Gasteiger partial charge in [-0.25, -0.2) is 0 Å². The molecular formula is H4AlN3O6.